The van der Waals surface area contributed by atoms with Gasteiger partial charge in [0.15, 0.2) is 5.76 Å². The first kappa shape index (κ1) is 18.0. The molecule has 0 bridgehead atoms. The Morgan fingerprint density at radius 2 is 1.92 bits per heavy atom. The third kappa shape index (κ3) is 3.57. The minimum Gasteiger partial charge on any atom is -0.503 e. The quantitative estimate of drug-likeness (QED) is 0.351. The van der Waals surface area contributed by atoms with Crippen molar-refractivity contribution in [3.63, 3.8) is 0 Å². The topological polar surface area (TPSA) is 76.0 Å². The highest BCUT2D eigenvalue weighted by atomic mass is 79.9. The second kappa shape index (κ2) is 7.21. The molecule has 0 saturated carbocycles. The van der Waals surface area contributed by atoms with Crippen LogP contribution in [-0.4, -0.2) is 29.2 Å². The van der Waals surface area contributed by atoms with E-state index in [1.807, 2.05) is 13.0 Å². The Kier molecular flexibility index (Phi) is 4.99. The van der Waals surface area contributed by atoms with Gasteiger partial charge in [0.05, 0.1) is 11.4 Å². The van der Waals surface area contributed by atoms with Crippen LogP contribution in [0, 0.1) is 12.7 Å². The Morgan fingerprint density at radius 1 is 1.23 bits per heavy atom. The van der Waals surface area contributed by atoms with Crippen molar-refractivity contribution in [1.82, 2.24) is 0 Å². The van der Waals surface area contributed by atoms with E-state index >= 15 is 0 Å². The SMILES string of the molecule is Cc1ccc(N=C2COC(=O)/C2=C(/O)C(=O)c2ccc(F)cc2)cc1Br. The molecule has 5 nitrogen and oxygen atoms in total. The Bertz CT molecular complexity index is 964. The van der Waals surface area contributed by atoms with Gasteiger partial charge >= 0.3 is 5.97 Å². The number of allylic oxidation sites excluding steroid dienone is 1. The van der Waals surface area contributed by atoms with Gasteiger partial charge in [-0.15, -0.1) is 0 Å². The van der Waals surface area contributed by atoms with Crippen molar-refractivity contribution >= 4 is 39.1 Å². The maximum Gasteiger partial charge on any atom is 0.344 e. The van der Waals surface area contributed by atoms with Crippen LogP contribution in [0.3, 0.4) is 0 Å². The molecule has 0 aromatic heterocycles. The summed E-state index contributed by atoms with van der Waals surface area (Å²) < 4.78 is 18.8. The molecule has 1 N–H and O–H groups in total. The van der Waals surface area contributed by atoms with Crippen molar-refractivity contribution in [2.75, 3.05) is 6.61 Å². The van der Waals surface area contributed by atoms with Crippen LogP contribution in [0.5, 0.6) is 0 Å². The number of hydrogen-bond donors (Lipinski definition) is 1. The van der Waals surface area contributed by atoms with E-state index in [0.29, 0.717) is 5.69 Å². The molecule has 26 heavy (non-hydrogen) atoms. The molecule has 1 heterocycles. The van der Waals surface area contributed by atoms with Crippen LogP contribution in [0.4, 0.5) is 10.1 Å². The van der Waals surface area contributed by atoms with E-state index in [-0.39, 0.29) is 23.5 Å². The Balaban J connectivity index is 2.01. The van der Waals surface area contributed by atoms with Crippen molar-refractivity contribution in [3.8, 4) is 0 Å². The number of rotatable bonds is 3. The Labute approximate surface area is 157 Å². The van der Waals surface area contributed by atoms with Crippen LogP contribution < -0.4 is 0 Å². The van der Waals surface area contributed by atoms with Crippen molar-refractivity contribution in [2.24, 2.45) is 4.99 Å². The highest BCUT2D eigenvalue weighted by Gasteiger charge is 2.33. The molecule has 2 aromatic carbocycles. The number of ether oxygens (including phenoxy) is 1. The maximum atomic E-state index is 13.0. The third-order valence-corrected chi connectivity index (χ3v) is 4.66. The van der Waals surface area contributed by atoms with E-state index in [1.54, 1.807) is 12.1 Å². The van der Waals surface area contributed by atoms with Crippen LogP contribution in [0.25, 0.3) is 0 Å². The van der Waals surface area contributed by atoms with E-state index < -0.39 is 23.3 Å². The van der Waals surface area contributed by atoms with Crippen LogP contribution in [0.2, 0.25) is 0 Å². The fraction of sp³-hybridized carbons (Fsp3) is 0.105. The molecule has 1 saturated heterocycles. The lowest BCUT2D eigenvalue weighted by atomic mass is 10.0. The number of halogens is 2. The summed E-state index contributed by atoms with van der Waals surface area (Å²) in [6.45, 7) is 1.77. The lowest BCUT2D eigenvalue weighted by molar-refractivity contribution is -0.135. The lowest BCUT2D eigenvalue weighted by Crippen LogP contribution is -2.13. The minimum atomic E-state index is -0.831. The monoisotopic (exact) mass is 417 g/mol. The number of aliphatic imine (C=N–C) groups is 1. The fourth-order valence-corrected chi connectivity index (χ4v) is 2.74. The summed E-state index contributed by atoms with van der Waals surface area (Å²) in [5.74, 6) is -2.93. The van der Waals surface area contributed by atoms with Gasteiger partial charge in [-0.1, -0.05) is 22.0 Å². The van der Waals surface area contributed by atoms with Crippen LogP contribution in [0.15, 0.2) is 63.3 Å². The third-order valence-electron chi connectivity index (χ3n) is 3.81. The molecule has 132 valence electrons. The van der Waals surface area contributed by atoms with Crippen LogP contribution in [-0.2, 0) is 9.53 Å². The summed E-state index contributed by atoms with van der Waals surface area (Å²) in [7, 11) is 0. The summed E-state index contributed by atoms with van der Waals surface area (Å²) in [6, 6.07) is 9.97. The lowest BCUT2D eigenvalue weighted by Gasteiger charge is -2.04. The zero-order chi connectivity index (χ0) is 18.8. The summed E-state index contributed by atoms with van der Waals surface area (Å²) >= 11 is 3.40. The van der Waals surface area contributed by atoms with Crippen LogP contribution >= 0.6 is 15.9 Å². The highest BCUT2D eigenvalue weighted by molar-refractivity contribution is 9.10. The molecule has 0 radical (unpaired) electrons. The number of hydrogen-bond acceptors (Lipinski definition) is 5. The maximum absolute atomic E-state index is 13.0. The largest absolute Gasteiger partial charge is 0.503 e. The molecule has 3 rings (SSSR count). The van der Waals surface area contributed by atoms with E-state index in [4.69, 9.17) is 4.74 Å². The van der Waals surface area contributed by atoms with Gasteiger partial charge in [-0.05, 0) is 48.9 Å². The van der Waals surface area contributed by atoms with E-state index in [0.717, 1.165) is 22.2 Å². The highest BCUT2D eigenvalue weighted by Crippen LogP contribution is 2.26. The predicted molar refractivity (Wildman–Crippen MR) is 97.3 cm³/mol. The average Bonchev–Trinajstić information content (AvgIpc) is 2.98. The zero-order valence-electron chi connectivity index (χ0n) is 13.6. The molecule has 1 aliphatic rings. The zero-order valence-corrected chi connectivity index (χ0v) is 15.2. The van der Waals surface area contributed by atoms with Gasteiger partial charge in [-0.25, -0.2) is 14.2 Å². The van der Waals surface area contributed by atoms with Gasteiger partial charge in [-0.2, -0.15) is 0 Å². The molecule has 1 aliphatic heterocycles. The molecule has 0 unspecified atom stereocenters. The Morgan fingerprint density at radius 3 is 2.58 bits per heavy atom. The summed E-state index contributed by atoms with van der Waals surface area (Å²) in [5, 5.41) is 10.3. The second-order valence-corrected chi connectivity index (χ2v) is 6.48. The smallest absolute Gasteiger partial charge is 0.344 e. The number of carbonyl (C=O) groups is 2. The average molecular weight is 418 g/mol. The number of ketones is 1. The second-order valence-electron chi connectivity index (χ2n) is 5.63. The molecule has 0 amide bonds. The molecule has 0 atom stereocenters. The predicted octanol–water partition coefficient (Wildman–Crippen LogP) is 4.22. The molecule has 0 spiro atoms. The molecule has 1 fully saturated rings. The van der Waals surface area contributed by atoms with Gasteiger partial charge in [0.25, 0.3) is 0 Å². The number of carbonyl (C=O) groups excluding carboxylic acids is 2. The number of benzene rings is 2. The van der Waals surface area contributed by atoms with Gasteiger partial charge < -0.3 is 9.84 Å². The fourth-order valence-electron chi connectivity index (χ4n) is 2.38. The Hall–Kier alpha value is -2.80. The van der Waals surface area contributed by atoms with Crippen molar-refractivity contribution in [2.45, 2.75) is 6.92 Å². The van der Waals surface area contributed by atoms with E-state index in [9.17, 15) is 19.1 Å². The van der Waals surface area contributed by atoms with Crippen LogP contribution in [0.1, 0.15) is 15.9 Å². The number of aliphatic hydroxyl groups excluding tert-OH is 1. The summed E-state index contributed by atoms with van der Waals surface area (Å²) in [6.07, 6.45) is 0. The molecular weight excluding hydrogens is 405 g/mol. The number of cyclic esters (lactones) is 1. The molecule has 0 aliphatic carbocycles. The summed E-state index contributed by atoms with van der Waals surface area (Å²) in [5.41, 5.74) is 1.47. The number of aryl methyl sites for hydroxylation is 1. The molecular formula is C19H13BrFNO4. The van der Waals surface area contributed by atoms with Gasteiger partial charge in [0.1, 0.15) is 18.0 Å². The van der Waals surface area contributed by atoms with Crippen molar-refractivity contribution < 1.29 is 23.8 Å². The minimum absolute atomic E-state index is 0.0496. The standard InChI is InChI=1S/C19H13BrFNO4/c1-10-2-7-13(8-14(10)20)22-15-9-26-19(25)16(15)18(24)17(23)11-3-5-12(21)6-4-11/h2-8,24H,9H2,1H3/b18-16+,22-15?. The van der Waals surface area contributed by atoms with E-state index in [1.165, 1.54) is 12.1 Å². The normalized spacial score (nSPS) is 17.3. The first-order valence-electron chi connectivity index (χ1n) is 7.61. The summed E-state index contributed by atoms with van der Waals surface area (Å²) in [4.78, 5) is 28.7. The van der Waals surface area contributed by atoms with Gasteiger partial charge in [0.2, 0.25) is 5.78 Å². The number of esters is 1. The molecule has 7 heteroatoms. The van der Waals surface area contributed by atoms with Crippen molar-refractivity contribution in [1.29, 1.82) is 0 Å². The number of nitrogens with zero attached hydrogens (tertiary/aromatic N) is 1. The van der Waals surface area contributed by atoms with Crippen molar-refractivity contribution in [3.05, 3.63) is 75.2 Å². The van der Waals surface area contributed by atoms with Gasteiger partial charge in [0, 0.05) is 10.0 Å². The molecule has 2 aromatic rings. The first-order chi connectivity index (χ1) is 12.4. The number of Topliss-reactive ketones (excluding diaryl/α,β-unsaturated/α-hetero) is 1. The first-order valence-corrected chi connectivity index (χ1v) is 8.41. The van der Waals surface area contributed by atoms with Gasteiger partial charge in [-0.3, -0.25) is 4.79 Å². The van der Waals surface area contributed by atoms with E-state index in [2.05, 4.69) is 20.9 Å². The number of aliphatic hydroxyl groups is 1.